The van der Waals surface area contributed by atoms with Gasteiger partial charge in [-0.2, -0.15) is 0 Å². The van der Waals surface area contributed by atoms with E-state index in [1.807, 2.05) is 13.0 Å². The van der Waals surface area contributed by atoms with Crippen LogP contribution in [0.1, 0.15) is 31.2 Å². The molecule has 3 N–H and O–H groups in total. The average molecular weight is 460 g/mol. The minimum absolute atomic E-state index is 0.00342. The van der Waals surface area contributed by atoms with Crippen LogP contribution in [0.4, 0.5) is 5.69 Å². The second-order valence-electron chi connectivity index (χ2n) is 7.54. The van der Waals surface area contributed by atoms with E-state index in [0.29, 0.717) is 29.5 Å². The number of carbonyl (C=O) groups is 3. The number of amides is 3. The second-order valence-corrected chi connectivity index (χ2v) is 7.97. The molecule has 1 aliphatic carbocycles. The maximum Gasteiger partial charge on any atom is 0.276 e. The number of ether oxygens (including phenoxy) is 2. The average Bonchev–Trinajstić information content (AvgIpc) is 3.61. The minimum Gasteiger partial charge on any atom is -0.493 e. The molecule has 9 heteroatoms. The van der Waals surface area contributed by atoms with Crippen LogP contribution in [0.25, 0.3) is 0 Å². The summed E-state index contributed by atoms with van der Waals surface area (Å²) in [6, 6.07) is 12.1. The number of hydrogen-bond donors (Lipinski definition) is 3. The van der Waals surface area contributed by atoms with Crippen molar-refractivity contribution in [3.05, 3.63) is 53.1 Å². The topological polar surface area (TPSA) is 106 Å². The van der Waals surface area contributed by atoms with Gasteiger partial charge in [0, 0.05) is 29.1 Å². The Morgan fingerprint density at radius 1 is 1.03 bits per heavy atom. The zero-order valence-corrected chi connectivity index (χ0v) is 18.5. The van der Waals surface area contributed by atoms with Crippen LogP contribution in [-0.4, -0.2) is 30.9 Å². The van der Waals surface area contributed by atoms with Crippen molar-refractivity contribution in [1.29, 1.82) is 0 Å². The van der Waals surface area contributed by atoms with Gasteiger partial charge in [-0.1, -0.05) is 17.7 Å². The molecule has 1 saturated carbocycles. The van der Waals surface area contributed by atoms with Gasteiger partial charge < -0.3 is 14.8 Å². The molecule has 0 aromatic heterocycles. The maximum atomic E-state index is 11.9. The summed E-state index contributed by atoms with van der Waals surface area (Å²) < 4.78 is 11.1. The first kappa shape index (κ1) is 23.4. The smallest absolute Gasteiger partial charge is 0.276 e. The third kappa shape index (κ3) is 7.77. The molecular formula is C23H26ClN3O5. The van der Waals surface area contributed by atoms with Crippen LogP contribution in [0.3, 0.4) is 0 Å². The van der Waals surface area contributed by atoms with Gasteiger partial charge >= 0.3 is 0 Å². The van der Waals surface area contributed by atoms with Gasteiger partial charge in [-0.15, -0.1) is 0 Å². The normalized spacial score (nSPS) is 12.6. The number of rotatable bonds is 10. The summed E-state index contributed by atoms with van der Waals surface area (Å²) in [6.45, 7) is 1.98. The fourth-order valence-electron chi connectivity index (χ4n) is 2.83. The van der Waals surface area contributed by atoms with Crippen molar-refractivity contribution in [1.82, 2.24) is 10.9 Å². The van der Waals surface area contributed by atoms with E-state index in [9.17, 15) is 14.4 Å². The largest absolute Gasteiger partial charge is 0.493 e. The van der Waals surface area contributed by atoms with Gasteiger partial charge in [-0.3, -0.25) is 25.2 Å². The molecule has 0 radical (unpaired) electrons. The quantitative estimate of drug-likeness (QED) is 0.373. The second kappa shape index (κ2) is 11.4. The highest BCUT2D eigenvalue weighted by molar-refractivity contribution is 6.30. The predicted octanol–water partition coefficient (Wildman–Crippen LogP) is 3.38. The van der Waals surface area contributed by atoms with E-state index >= 15 is 0 Å². The fourth-order valence-corrected chi connectivity index (χ4v) is 3.06. The van der Waals surface area contributed by atoms with E-state index in [1.54, 1.807) is 36.4 Å². The zero-order valence-electron chi connectivity index (χ0n) is 17.8. The Hall–Kier alpha value is -3.26. The first-order chi connectivity index (χ1) is 15.4. The molecule has 170 valence electrons. The standard InChI is InChI=1S/C23H26ClN3O5/c1-15-12-17(24)9-10-20(15)31-11-3-6-21(28)26-27-22(29)14-32-19-5-2-4-18(13-19)25-23(30)16-7-8-16/h2,4-5,9-10,12-13,16H,3,6-8,11,14H2,1H3,(H,25,30)(H,26,28)(H,27,29). The zero-order chi connectivity index (χ0) is 22.9. The van der Waals surface area contributed by atoms with E-state index in [1.165, 1.54) is 0 Å². The number of hydrazine groups is 1. The lowest BCUT2D eigenvalue weighted by atomic mass is 10.2. The molecule has 0 aliphatic heterocycles. The lowest BCUT2D eigenvalue weighted by Gasteiger charge is -2.11. The molecule has 1 aliphatic rings. The van der Waals surface area contributed by atoms with E-state index < -0.39 is 5.91 Å². The number of nitrogens with one attached hydrogen (secondary N) is 3. The molecule has 3 rings (SSSR count). The van der Waals surface area contributed by atoms with Crippen molar-refractivity contribution < 1.29 is 23.9 Å². The SMILES string of the molecule is Cc1cc(Cl)ccc1OCCCC(=O)NNC(=O)COc1cccc(NC(=O)C2CC2)c1. The van der Waals surface area contributed by atoms with Crippen molar-refractivity contribution in [2.45, 2.75) is 32.6 Å². The van der Waals surface area contributed by atoms with Gasteiger partial charge in [0.1, 0.15) is 11.5 Å². The monoisotopic (exact) mass is 459 g/mol. The lowest BCUT2D eigenvalue weighted by molar-refractivity contribution is -0.130. The van der Waals surface area contributed by atoms with Crippen LogP contribution in [0, 0.1) is 12.8 Å². The maximum absolute atomic E-state index is 11.9. The van der Waals surface area contributed by atoms with Gasteiger partial charge in [0.25, 0.3) is 5.91 Å². The van der Waals surface area contributed by atoms with Crippen molar-refractivity contribution in [2.75, 3.05) is 18.5 Å². The molecule has 32 heavy (non-hydrogen) atoms. The van der Waals surface area contributed by atoms with Crippen LogP contribution < -0.4 is 25.6 Å². The number of hydrogen-bond acceptors (Lipinski definition) is 5. The van der Waals surface area contributed by atoms with Crippen molar-refractivity contribution in [3.63, 3.8) is 0 Å². The van der Waals surface area contributed by atoms with E-state index in [4.69, 9.17) is 21.1 Å². The summed E-state index contributed by atoms with van der Waals surface area (Å²) in [6.07, 6.45) is 2.52. The van der Waals surface area contributed by atoms with Crippen LogP contribution in [0.2, 0.25) is 5.02 Å². The summed E-state index contributed by atoms with van der Waals surface area (Å²) in [5, 5.41) is 3.46. The highest BCUT2D eigenvalue weighted by atomic mass is 35.5. The van der Waals surface area contributed by atoms with Crippen LogP contribution in [0.15, 0.2) is 42.5 Å². The van der Waals surface area contributed by atoms with Gasteiger partial charge in [0.15, 0.2) is 6.61 Å². The summed E-state index contributed by atoms with van der Waals surface area (Å²) in [5.41, 5.74) is 6.19. The first-order valence-electron chi connectivity index (χ1n) is 10.4. The number of halogens is 1. The fraction of sp³-hybridized carbons (Fsp3) is 0.348. The number of anilines is 1. The molecule has 0 saturated heterocycles. The Morgan fingerprint density at radius 3 is 2.56 bits per heavy atom. The molecule has 1 fully saturated rings. The highest BCUT2D eigenvalue weighted by Gasteiger charge is 2.29. The van der Waals surface area contributed by atoms with Gasteiger partial charge in [-0.05, 0) is 62.1 Å². The van der Waals surface area contributed by atoms with Crippen molar-refractivity contribution in [2.24, 2.45) is 5.92 Å². The van der Waals surface area contributed by atoms with Gasteiger partial charge in [0.2, 0.25) is 11.8 Å². The number of carbonyl (C=O) groups excluding carboxylic acids is 3. The van der Waals surface area contributed by atoms with Crippen molar-refractivity contribution >= 4 is 35.0 Å². The van der Waals surface area contributed by atoms with Gasteiger partial charge in [-0.25, -0.2) is 0 Å². The van der Waals surface area contributed by atoms with Crippen molar-refractivity contribution in [3.8, 4) is 11.5 Å². The first-order valence-corrected chi connectivity index (χ1v) is 10.8. The molecular weight excluding hydrogens is 434 g/mol. The molecule has 0 bridgehead atoms. The number of aryl methyl sites for hydroxylation is 1. The van der Waals surface area contributed by atoms with Crippen LogP contribution >= 0.6 is 11.6 Å². The highest BCUT2D eigenvalue weighted by Crippen LogP contribution is 2.30. The Balaban J connectivity index is 1.29. The van der Waals surface area contributed by atoms with E-state index in [-0.39, 0.29) is 30.8 Å². The molecule has 0 unspecified atom stereocenters. The molecule has 2 aromatic carbocycles. The third-order valence-electron chi connectivity index (χ3n) is 4.70. The Labute approximate surface area is 191 Å². The van der Waals surface area contributed by atoms with E-state index in [2.05, 4.69) is 16.2 Å². The molecule has 0 spiro atoms. The molecule has 3 amide bonds. The van der Waals surface area contributed by atoms with Gasteiger partial charge in [0.05, 0.1) is 6.61 Å². The molecule has 8 nitrogen and oxygen atoms in total. The summed E-state index contributed by atoms with van der Waals surface area (Å²) >= 11 is 5.91. The Kier molecular flexibility index (Phi) is 8.33. The minimum atomic E-state index is -0.501. The van der Waals surface area contributed by atoms with Crippen LogP contribution in [-0.2, 0) is 14.4 Å². The summed E-state index contributed by atoms with van der Waals surface area (Å²) in [4.78, 5) is 35.6. The lowest BCUT2D eigenvalue weighted by Crippen LogP contribution is -2.43. The third-order valence-corrected chi connectivity index (χ3v) is 4.94. The Morgan fingerprint density at radius 2 is 1.81 bits per heavy atom. The summed E-state index contributed by atoms with van der Waals surface area (Å²) in [7, 11) is 0. The Bertz CT molecular complexity index is 978. The van der Waals surface area contributed by atoms with Crippen LogP contribution in [0.5, 0.6) is 11.5 Å². The number of benzene rings is 2. The predicted molar refractivity (Wildman–Crippen MR) is 120 cm³/mol. The molecule has 0 heterocycles. The summed E-state index contributed by atoms with van der Waals surface area (Å²) in [5.74, 6) is 0.419. The molecule has 2 aromatic rings. The van der Waals surface area contributed by atoms with E-state index in [0.717, 1.165) is 24.2 Å². The molecule has 0 atom stereocenters.